The molecule has 0 amide bonds. The Labute approximate surface area is 98.3 Å². The number of rotatable bonds is 2. The van der Waals surface area contributed by atoms with E-state index < -0.39 is 5.97 Å². The average molecular weight is 226 g/mol. The molecule has 0 aliphatic rings. The maximum atomic E-state index is 10.3. The molecule has 2 aromatic rings. The quantitative estimate of drug-likeness (QED) is 0.768. The van der Waals surface area contributed by atoms with E-state index in [4.69, 9.17) is 5.11 Å². The maximum Gasteiger partial charge on any atom is 0.315 e. The molecule has 1 aromatic heterocycles. The second-order valence-corrected chi connectivity index (χ2v) is 3.41. The van der Waals surface area contributed by atoms with Gasteiger partial charge in [-0.15, -0.1) is 0 Å². The summed E-state index contributed by atoms with van der Waals surface area (Å²) in [5.74, 6) is 4.47. The number of carbonyl (C=O) groups is 1. The van der Waals surface area contributed by atoms with Gasteiger partial charge in [-0.25, -0.2) is 4.98 Å². The third-order valence-electron chi connectivity index (χ3n) is 2.17. The number of H-pyrrole nitrogens is 1. The van der Waals surface area contributed by atoms with Crippen LogP contribution >= 0.6 is 0 Å². The lowest BCUT2D eigenvalue weighted by Gasteiger charge is -1.96. The Morgan fingerprint density at radius 3 is 2.71 bits per heavy atom. The Kier molecular flexibility index (Phi) is 3.22. The van der Waals surface area contributed by atoms with Gasteiger partial charge in [-0.1, -0.05) is 24.0 Å². The first-order chi connectivity index (χ1) is 8.25. The van der Waals surface area contributed by atoms with Crippen LogP contribution in [0.15, 0.2) is 36.8 Å². The van der Waals surface area contributed by atoms with Crippen molar-refractivity contribution in [1.29, 1.82) is 0 Å². The van der Waals surface area contributed by atoms with Gasteiger partial charge in [-0.2, -0.15) is 0 Å². The predicted octanol–water partition coefficient (Wildman–Crippen LogP) is 1.90. The van der Waals surface area contributed by atoms with Crippen LogP contribution in [0, 0.1) is 11.8 Å². The van der Waals surface area contributed by atoms with Crippen molar-refractivity contribution in [1.82, 2.24) is 9.97 Å². The SMILES string of the molecule is O=C(O)CC#Cc1ccc(-c2cnc[nH]2)cc1. The first-order valence-corrected chi connectivity index (χ1v) is 5.05. The number of hydrogen-bond acceptors (Lipinski definition) is 2. The van der Waals surface area contributed by atoms with Gasteiger partial charge in [0, 0.05) is 5.56 Å². The number of benzene rings is 1. The van der Waals surface area contributed by atoms with E-state index in [0.717, 1.165) is 16.8 Å². The lowest BCUT2D eigenvalue weighted by atomic mass is 10.1. The van der Waals surface area contributed by atoms with Gasteiger partial charge in [-0.3, -0.25) is 4.79 Å². The highest BCUT2D eigenvalue weighted by Gasteiger charge is 1.97. The second-order valence-electron chi connectivity index (χ2n) is 3.41. The number of aromatic amines is 1. The van der Waals surface area contributed by atoms with Crippen molar-refractivity contribution < 1.29 is 9.90 Å². The van der Waals surface area contributed by atoms with Crippen LogP contribution in [0.5, 0.6) is 0 Å². The molecule has 0 saturated heterocycles. The summed E-state index contributed by atoms with van der Waals surface area (Å²) in [6.07, 6.45) is 3.23. The number of nitrogens with zero attached hydrogens (tertiary/aromatic N) is 1. The van der Waals surface area contributed by atoms with Gasteiger partial charge in [0.05, 0.1) is 18.2 Å². The van der Waals surface area contributed by atoms with Gasteiger partial charge >= 0.3 is 5.97 Å². The minimum atomic E-state index is -0.911. The van der Waals surface area contributed by atoms with Crippen molar-refractivity contribution in [3.63, 3.8) is 0 Å². The molecule has 0 atom stereocenters. The summed E-state index contributed by atoms with van der Waals surface area (Å²) in [7, 11) is 0. The fourth-order valence-corrected chi connectivity index (χ4v) is 1.37. The minimum absolute atomic E-state index is 0.137. The standard InChI is InChI=1S/C13H10N2O2/c16-13(17)3-1-2-10-4-6-11(7-5-10)12-8-14-9-15-12/h4-9H,3H2,(H,14,15)(H,16,17). The number of carboxylic acid groups (broad SMARTS) is 1. The number of hydrogen-bond donors (Lipinski definition) is 2. The molecule has 0 aliphatic carbocycles. The molecule has 0 bridgehead atoms. The molecule has 4 heteroatoms. The van der Waals surface area contributed by atoms with Crippen LogP contribution in [0.2, 0.25) is 0 Å². The Hall–Kier alpha value is -2.54. The molecule has 2 rings (SSSR count). The maximum absolute atomic E-state index is 10.3. The zero-order valence-electron chi connectivity index (χ0n) is 8.97. The molecule has 2 N–H and O–H groups in total. The number of nitrogens with one attached hydrogen (secondary N) is 1. The van der Waals surface area contributed by atoms with E-state index in [1.807, 2.05) is 24.3 Å². The zero-order chi connectivity index (χ0) is 12.1. The highest BCUT2D eigenvalue weighted by molar-refractivity contribution is 5.70. The highest BCUT2D eigenvalue weighted by Crippen LogP contribution is 2.15. The van der Waals surface area contributed by atoms with Crippen LogP contribution in [0.25, 0.3) is 11.3 Å². The third-order valence-corrected chi connectivity index (χ3v) is 2.17. The van der Waals surface area contributed by atoms with Gasteiger partial charge in [0.1, 0.15) is 6.42 Å². The summed E-state index contributed by atoms with van der Waals surface area (Å²) < 4.78 is 0. The second kappa shape index (κ2) is 4.99. The van der Waals surface area contributed by atoms with Crippen molar-refractivity contribution in [3.8, 4) is 23.1 Å². The molecular formula is C13H10N2O2. The molecule has 0 radical (unpaired) electrons. The van der Waals surface area contributed by atoms with E-state index in [0.29, 0.717) is 0 Å². The van der Waals surface area contributed by atoms with Crippen LogP contribution in [0.4, 0.5) is 0 Å². The van der Waals surface area contributed by atoms with Gasteiger partial charge in [0.25, 0.3) is 0 Å². The number of aromatic nitrogens is 2. The Morgan fingerprint density at radius 1 is 1.35 bits per heavy atom. The molecule has 0 fully saturated rings. The summed E-state index contributed by atoms with van der Waals surface area (Å²) >= 11 is 0. The summed E-state index contributed by atoms with van der Waals surface area (Å²) in [6.45, 7) is 0. The van der Waals surface area contributed by atoms with Crippen LogP contribution in [-0.2, 0) is 4.79 Å². The summed E-state index contributed by atoms with van der Waals surface area (Å²) in [5, 5.41) is 8.45. The van der Waals surface area contributed by atoms with E-state index in [-0.39, 0.29) is 6.42 Å². The first-order valence-electron chi connectivity index (χ1n) is 5.05. The molecule has 1 aromatic carbocycles. The van der Waals surface area contributed by atoms with Gasteiger partial charge in [-0.05, 0) is 17.7 Å². The van der Waals surface area contributed by atoms with Gasteiger partial charge in [0.2, 0.25) is 0 Å². The van der Waals surface area contributed by atoms with Gasteiger partial charge < -0.3 is 10.1 Å². The molecule has 17 heavy (non-hydrogen) atoms. The van der Waals surface area contributed by atoms with Crippen molar-refractivity contribution in [2.45, 2.75) is 6.42 Å². The Balaban J connectivity index is 2.13. The van der Waals surface area contributed by atoms with Gasteiger partial charge in [0.15, 0.2) is 0 Å². The Morgan fingerprint density at radius 2 is 2.12 bits per heavy atom. The first kappa shape index (κ1) is 11.0. The molecule has 0 aliphatic heterocycles. The van der Waals surface area contributed by atoms with E-state index >= 15 is 0 Å². The topological polar surface area (TPSA) is 66.0 Å². The predicted molar refractivity (Wildman–Crippen MR) is 63.2 cm³/mol. The molecule has 84 valence electrons. The van der Waals surface area contributed by atoms with Crippen molar-refractivity contribution in [2.75, 3.05) is 0 Å². The molecule has 0 spiro atoms. The van der Waals surface area contributed by atoms with E-state index in [1.165, 1.54) is 0 Å². The van der Waals surface area contributed by atoms with Crippen molar-refractivity contribution >= 4 is 5.97 Å². The van der Waals surface area contributed by atoms with Crippen LogP contribution in [0.1, 0.15) is 12.0 Å². The summed E-state index contributed by atoms with van der Waals surface area (Å²) in [4.78, 5) is 17.2. The molecular weight excluding hydrogens is 216 g/mol. The molecule has 1 heterocycles. The zero-order valence-corrected chi connectivity index (χ0v) is 8.97. The van der Waals surface area contributed by atoms with Crippen LogP contribution < -0.4 is 0 Å². The number of carboxylic acids is 1. The lowest BCUT2D eigenvalue weighted by molar-refractivity contribution is -0.135. The normalized spacial score (nSPS) is 9.41. The molecule has 4 nitrogen and oxygen atoms in total. The lowest BCUT2D eigenvalue weighted by Crippen LogP contribution is -1.90. The highest BCUT2D eigenvalue weighted by atomic mass is 16.4. The van der Waals surface area contributed by atoms with Crippen molar-refractivity contribution in [3.05, 3.63) is 42.4 Å². The summed E-state index contributed by atoms with van der Waals surface area (Å²) in [6, 6.07) is 7.53. The number of imidazole rings is 1. The molecule has 0 unspecified atom stereocenters. The molecule has 0 saturated carbocycles. The van der Waals surface area contributed by atoms with E-state index in [9.17, 15) is 4.79 Å². The average Bonchev–Trinajstić information content (AvgIpc) is 2.83. The largest absolute Gasteiger partial charge is 0.481 e. The Bertz CT molecular complexity index is 560. The summed E-state index contributed by atoms with van der Waals surface area (Å²) in [5.41, 5.74) is 2.76. The third kappa shape index (κ3) is 2.95. The fraction of sp³-hybridized carbons (Fsp3) is 0.0769. The van der Waals surface area contributed by atoms with E-state index in [1.54, 1.807) is 12.5 Å². The van der Waals surface area contributed by atoms with Crippen molar-refractivity contribution in [2.24, 2.45) is 0 Å². The van der Waals surface area contributed by atoms with E-state index in [2.05, 4.69) is 21.8 Å². The minimum Gasteiger partial charge on any atom is -0.481 e. The van der Waals surface area contributed by atoms with Crippen LogP contribution in [-0.4, -0.2) is 21.0 Å². The fourth-order valence-electron chi connectivity index (χ4n) is 1.37. The smallest absolute Gasteiger partial charge is 0.315 e. The van der Waals surface area contributed by atoms with Crippen LogP contribution in [0.3, 0.4) is 0 Å². The number of aliphatic carboxylic acids is 1. The monoisotopic (exact) mass is 226 g/mol.